The van der Waals surface area contributed by atoms with Crippen molar-refractivity contribution in [3.8, 4) is 6.07 Å². The third-order valence-electron chi connectivity index (χ3n) is 4.31. The number of piperidine rings is 1. The molecule has 2 unspecified atom stereocenters. The van der Waals surface area contributed by atoms with Crippen molar-refractivity contribution >= 4 is 6.03 Å². The molecule has 0 aromatic carbocycles. The first-order valence-corrected chi connectivity index (χ1v) is 7.66. The fraction of sp³-hybridized carbons (Fsp3) is 0.867. The van der Waals surface area contributed by atoms with Crippen LogP contribution in [0.4, 0.5) is 4.79 Å². The summed E-state index contributed by atoms with van der Waals surface area (Å²) in [5.74, 6) is 0.465. The van der Waals surface area contributed by atoms with E-state index in [0.717, 1.165) is 38.8 Å². The molecule has 0 radical (unpaired) electrons. The Morgan fingerprint density at radius 3 is 2.45 bits per heavy atom. The maximum Gasteiger partial charge on any atom is 0.317 e. The molecule has 0 aliphatic carbocycles. The van der Waals surface area contributed by atoms with Gasteiger partial charge >= 0.3 is 6.03 Å². The van der Waals surface area contributed by atoms with Gasteiger partial charge in [0.2, 0.25) is 0 Å². The number of nitrogens with zero attached hydrogens (tertiary/aromatic N) is 2. The Bertz CT molecular complexity index is 362. The Morgan fingerprint density at radius 1 is 1.30 bits per heavy atom. The molecule has 0 aromatic rings. The van der Waals surface area contributed by atoms with Gasteiger partial charge in [-0.1, -0.05) is 0 Å². The third-order valence-corrected chi connectivity index (χ3v) is 4.31. The Morgan fingerprint density at radius 2 is 1.90 bits per heavy atom. The van der Waals surface area contributed by atoms with Crippen molar-refractivity contribution in [2.24, 2.45) is 5.92 Å². The molecule has 5 heteroatoms. The lowest BCUT2D eigenvalue weighted by Crippen LogP contribution is -2.50. The Kier molecular flexibility index (Phi) is 5.24. The van der Waals surface area contributed by atoms with Gasteiger partial charge in [0.15, 0.2) is 0 Å². The number of rotatable bonds is 2. The highest BCUT2D eigenvalue weighted by atomic mass is 16.5. The van der Waals surface area contributed by atoms with Crippen LogP contribution in [0.1, 0.15) is 46.0 Å². The zero-order chi connectivity index (χ0) is 14.5. The van der Waals surface area contributed by atoms with Gasteiger partial charge in [-0.05, 0) is 45.4 Å². The van der Waals surface area contributed by atoms with Gasteiger partial charge in [0.1, 0.15) is 0 Å². The second kappa shape index (κ2) is 6.94. The number of urea groups is 1. The third kappa shape index (κ3) is 4.11. The first-order valence-electron chi connectivity index (χ1n) is 7.66. The van der Waals surface area contributed by atoms with Crippen LogP contribution in [0.2, 0.25) is 0 Å². The van der Waals surface area contributed by atoms with Crippen molar-refractivity contribution in [1.29, 1.82) is 5.26 Å². The number of carbonyl (C=O) groups is 1. The van der Waals surface area contributed by atoms with E-state index in [1.54, 1.807) is 0 Å². The van der Waals surface area contributed by atoms with Crippen molar-refractivity contribution in [2.75, 3.05) is 13.1 Å². The normalized spacial score (nSPS) is 31.6. The molecule has 2 rings (SSSR count). The summed E-state index contributed by atoms with van der Waals surface area (Å²) < 4.78 is 5.69. The highest BCUT2D eigenvalue weighted by Crippen LogP contribution is 2.22. The molecule has 2 saturated heterocycles. The molecule has 2 aliphatic rings. The molecular weight excluding hydrogens is 254 g/mol. The van der Waals surface area contributed by atoms with Crippen LogP contribution < -0.4 is 5.32 Å². The molecule has 2 atom stereocenters. The van der Waals surface area contributed by atoms with E-state index >= 15 is 0 Å². The molecular formula is C15H25N3O2. The van der Waals surface area contributed by atoms with Gasteiger partial charge in [0.25, 0.3) is 0 Å². The fourth-order valence-corrected chi connectivity index (χ4v) is 3.26. The summed E-state index contributed by atoms with van der Waals surface area (Å²) in [5, 5.41) is 11.8. The Labute approximate surface area is 121 Å². The molecule has 2 fully saturated rings. The van der Waals surface area contributed by atoms with Crippen molar-refractivity contribution in [1.82, 2.24) is 10.2 Å². The van der Waals surface area contributed by atoms with Crippen molar-refractivity contribution in [3.63, 3.8) is 0 Å². The smallest absolute Gasteiger partial charge is 0.317 e. The number of likely N-dealkylation sites (tertiary alicyclic amines) is 1. The maximum absolute atomic E-state index is 12.3. The van der Waals surface area contributed by atoms with E-state index in [1.807, 2.05) is 4.90 Å². The zero-order valence-corrected chi connectivity index (χ0v) is 12.5. The summed E-state index contributed by atoms with van der Waals surface area (Å²) in [4.78, 5) is 14.1. The van der Waals surface area contributed by atoms with E-state index in [0.29, 0.717) is 12.3 Å². The fourth-order valence-electron chi connectivity index (χ4n) is 3.26. The van der Waals surface area contributed by atoms with Crippen LogP contribution >= 0.6 is 0 Å². The first-order chi connectivity index (χ1) is 9.58. The number of carbonyl (C=O) groups excluding carboxylic acids is 1. The summed E-state index contributed by atoms with van der Waals surface area (Å²) in [5.41, 5.74) is 0. The second-order valence-corrected chi connectivity index (χ2v) is 6.17. The molecule has 5 nitrogen and oxygen atoms in total. The lowest BCUT2D eigenvalue weighted by Gasteiger charge is -2.36. The standard InChI is InChI=1S/C15H25N3O2/c1-11-9-14(10-12(2)20-11)17-15(19)18-7-4-13(3-6-16)5-8-18/h11-14H,3-5,7-10H2,1-2H3,(H,17,19). The summed E-state index contributed by atoms with van der Waals surface area (Å²) in [6.07, 6.45) is 4.71. The number of hydrogen-bond donors (Lipinski definition) is 1. The van der Waals surface area contributed by atoms with Gasteiger partial charge < -0.3 is 15.0 Å². The molecule has 0 spiro atoms. The van der Waals surface area contributed by atoms with Crippen LogP contribution in [0.5, 0.6) is 0 Å². The van der Waals surface area contributed by atoms with Crippen LogP contribution in [0.3, 0.4) is 0 Å². The Hall–Kier alpha value is -1.28. The first kappa shape index (κ1) is 15.1. The molecule has 0 aromatic heterocycles. The summed E-state index contributed by atoms with van der Waals surface area (Å²) in [6.45, 7) is 5.66. The molecule has 2 amide bonds. The minimum absolute atomic E-state index is 0.0479. The number of ether oxygens (including phenoxy) is 1. The quantitative estimate of drug-likeness (QED) is 0.843. The topological polar surface area (TPSA) is 65.4 Å². The van der Waals surface area contributed by atoms with Gasteiger partial charge in [-0.15, -0.1) is 0 Å². The van der Waals surface area contributed by atoms with Crippen LogP contribution in [-0.2, 0) is 4.74 Å². The van der Waals surface area contributed by atoms with Gasteiger partial charge in [-0.2, -0.15) is 5.26 Å². The second-order valence-electron chi connectivity index (χ2n) is 6.17. The zero-order valence-electron chi connectivity index (χ0n) is 12.5. The summed E-state index contributed by atoms with van der Waals surface area (Å²) in [6, 6.07) is 2.49. The SMILES string of the molecule is CC1CC(NC(=O)N2CCC(CC#N)CC2)CC(C)O1. The Balaban J connectivity index is 1.77. The number of hydrogen-bond acceptors (Lipinski definition) is 3. The lowest BCUT2D eigenvalue weighted by atomic mass is 9.94. The lowest BCUT2D eigenvalue weighted by molar-refractivity contribution is -0.0408. The monoisotopic (exact) mass is 279 g/mol. The number of nitrogens with one attached hydrogen (secondary N) is 1. The predicted octanol–water partition coefficient (Wildman–Crippen LogP) is 2.28. The van der Waals surface area contributed by atoms with E-state index in [1.165, 1.54) is 0 Å². The minimum atomic E-state index is 0.0479. The van der Waals surface area contributed by atoms with Crippen molar-refractivity contribution in [3.05, 3.63) is 0 Å². The maximum atomic E-state index is 12.3. The molecule has 1 N–H and O–H groups in total. The minimum Gasteiger partial charge on any atom is -0.375 e. The number of nitriles is 1. The summed E-state index contributed by atoms with van der Waals surface area (Å²) in [7, 11) is 0. The van der Waals surface area contributed by atoms with Crippen molar-refractivity contribution in [2.45, 2.75) is 64.2 Å². The largest absolute Gasteiger partial charge is 0.375 e. The highest BCUT2D eigenvalue weighted by Gasteiger charge is 2.28. The molecule has 2 heterocycles. The van der Waals surface area contributed by atoms with Crippen LogP contribution in [0, 0.1) is 17.2 Å². The average Bonchev–Trinajstić information content (AvgIpc) is 2.38. The highest BCUT2D eigenvalue weighted by molar-refractivity contribution is 5.74. The predicted molar refractivity (Wildman–Crippen MR) is 76.1 cm³/mol. The molecule has 0 bridgehead atoms. The summed E-state index contributed by atoms with van der Waals surface area (Å²) >= 11 is 0. The van der Waals surface area contributed by atoms with Gasteiger partial charge in [0, 0.05) is 25.6 Å². The van der Waals surface area contributed by atoms with E-state index in [9.17, 15) is 4.79 Å². The van der Waals surface area contributed by atoms with Gasteiger partial charge in [-0.3, -0.25) is 0 Å². The van der Waals surface area contributed by atoms with E-state index in [4.69, 9.17) is 10.00 Å². The molecule has 20 heavy (non-hydrogen) atoms. The van der Waals surface area contributed by atoms with E-state index in [-0.39, 0.29) is 24.3 Å². The van der Waals surface area contributed by atoms with Gasteiger partial charge in [0.05, 0.1) is 18.3 Å². The molecule has 0 saturated carbocycles. The van der Waals surface area contributed by atoms with E-state index in [2.05, 4.69) is 25.2 Å². The van der Waals surface area contributed by atoms with Crippen LogP contribution in [-0.4, -0.2) is 42.3 Å². The number of amides is 2. The van der Waals surface area contributed by atoms with Crippen molar-refractivity contribution < 1.29 is 9.53 Å². The van der Waals surface area contributed by atoms with E-state index < -0.39 is 0 Å². The molecule has 2 aliphatic heterocycles. The van der Waals surface area contributed by atoms with Crippen LogP contribution in [0.15, 0.2) is 0 Å². The van der Waals surface area contributed by atoms with Crippen LogP contribution in [0.25, 0.3) is 0 Å². The molecule has 112 valence electrons. The average molecular weight is 279 g/mol. The van der Waals surface area contributed by atoms with Gasteiger partial charge in [-0.25, -0.2) is 4.79 Å².